The first-order chi connectivity index (χ1) is 15.8. The zero-order chi connectivity index (χ0) is 23.7. The van der Waals surface area contributed by atoms with Crippen LogP contribution in [-0.4, -0.2) is 18.9 Å². The fourth-order valence-corrected chi connectivity index (χ4v) is 4.16. The number of anilines is 2. The lowest BCUT2D eigenvalue weighted by Crippen LogP contribution is -2.32. The molecule has 0 aliphatic carbocycles. The SMILES string of the molecule is CCc1ccc(N2C(=O)C(Nc3cc(C)ccc3OC)=C(c3ccc(C)cc3C)C2=O)cc1. The highest BCUT2D eigenvalue weighted by Gasteiger charge is 2.41. The fourth-order valence-electron chi connectivity index (χ4n) is 4.16. The van der Waals surface area contributed by atoms with Gasteiger partial charge in [0.15, 0.2) is 0 Å². The third-order valence-electron chi connectivity index (χ3n) is 5.95. The second kappa shape index (κ2) is 8.94. The van der Waals surface area contributed by atoms with Gasteiger partial charge in [-0.05, 0) is 73.7 Å². The van der Waals surface area contributed by atoms with E-state index in [-0.39, 0.29) is 17.5 Å². The largest absolute Gasteiger partial charge is 0.495 e. The Morgan fingerprint density at radius 3 is 2.15 bits per heavy atom. The molecule has 2 amide bonds. The number of carbonyl (C=O) groups is 2. The summed E-state index contributed by atoms with van der Waals surface area (Å²) in [5.74, 6) is -0.132. The third kappa shape index (κ3) is 4.14. The molecule has 33 heavy (non-hydrogen) atoms. The number of nitrogens with one attached hydrogen (secondary N) is 1. The van der Waals surface area contributed by atoms with Crippen molar-refractivity contribution in [1.82, 2.24) is 0 Å². The topological polar surface area (TPSA) is 58.6 Å². The zero-order valence-electron chi connectivity index (χ0n) is 19.7. The predicted octanol–water partition coefficient (Wildman–Crippen LogP) is 5.58. The maximum absolute atomic E-state index is 13.7. The van der Waals surface area contributed by atoms with Crippen molar-refractivity contribution in [3.05, 3.63) is 94.2 Å². The van der Waals surface area contributed by atoms with Crippen molar-refractivity contribution >= 4 is 28.8 Å². The Hall–Kier alpha value is -3.86. The molecular weight excluding hydrogens is 412 g/mol. The molecule has 0 aromatic heterocycles. The number of benzene rings is 3. The maximum atomic E-state index is 13.7. The Labute approximate surface area is 194 Å². The van der Waals surface area contributed by atoms with Gasteiger partial charge in [-0.3, -0.25) is 9.59 Å². The van der Waals surface area contributed by atoms with Gasteiger partial charge < -0.3 is 10.1 Å². The maximum Gasteiger partial charge on any atom is 0.282 e. The number of rotatable bonds is 6. The average molecular weight is 441 g/mol. The van der Waals surface area contributed by atoms with E-state index in [1.165, 1.54) is 4.90 Å². The summed E-state index contributed by atoms with van der Waals surface area (Å²) in [5, 5.41) is 3.24. The Kier molecular flexibility index (Phi) is 6.05. The molecule has 4 rings (SSSR count). The van der Waals surface area contributed by atoms with Gasteiger partial charge in [0.25, 0.3) is 11.8 Å². The molecule has 0 spiro atoms. The van der Waals surface area contributed by atoms with Crippen molar-refractivity contribution in [2.45, 2.75) is 34.1 Å². The molecule has 0 saturated heterocycles. The lowest BCUT2D eigenvalue weighted by atomic mass is 9.97. The van der Waals surface area contributed by atoms with E-state index in [2.05, 4.69) is 12.2 Å². The zero-order valence-corrected chi connectivity index (χ0v) is 19.7. The van der Waals surface area contributed by atoms with Gasteiger partial charge in [0.1, 0.15) is 11.4 Å². The molecular formula is C28H28N2O3. The summed E-state index contributed by atoms with van der Waals surface area (Å²) in [4.78, 5) is 28.6. The van der Waals surface area contributed by atoms with E-state index in [1.54, 1.807) is 7.11 Å². The van der Waals surface area contributed by atoms with Crippen LogP contribution < -0.4 is 15.0 Å². The van der Waals surface area contributed by atoms with Gasteiger partial charge >= 0.3 is 0 Å². The molecule has 3 aromatic rings. The molecule has 1 heterocycles. The second-order valence-electron chi connectivity index (χ2n) is 8.36. The smallest absolute Gasteiger partial charge is 0.282 e. The van der Waals surface area contributed by atoms with Gasteiger partial charge in [-0.15, -0.1) is 0 Å². The van der Waals surface area contributed by atoms with Crippen molar-refractivity contribution in [2.24, 2.45) is 0 Å². The number of imide groups is 1. The first-order valence-corrected chi connectivity index (χ1v) is 11.0. The van der Waals surface area contributed by atoms with Crippen LogP contribution in [0.25, 0.3) is 5.57 Å². The van der Waals surface area contributed by atoms with Crippen LogP contribution in [0, 0.1) is 20.8 Å². The van der Waals surface area contributed by atoms with E-state index in [0.29, 0.717) is 22.7 Å². The average Bonchev–Trinajstić information content (AvgIpc) is 3.03. The first kappa shape index (κ1) is 22.3. The normalized spacial score (nSPS) is 13.7. The number of carbonyl (C=O) groups excluding carboxylic acids is 2. The van der Waals surface area contributed by atoms with Crippen LogP contribution in [0.5, 0.6) is 5.75 Å². The van der Waals surface area contributed by atoms with Crippen molar-refractivity contribution < 1.29 is 14.3 Å². The van der Waals surface area contributed by atoms with Gasteiger partial charge in [-0.1, -0.05) is 48.9 Å². The summed E-state index contributed by atoms with van der Waals surface area (Å²) in [7, 11) is 1.58. The van der Waals surface area contributed by atoms with E-state index in [1.807, 2.05) is 81.4 Å². The summed E-state index contributed by atoms with van der Waals surface area (Å²) in [6.45, 7) is 7.99. The number of ether oxygens (including phenoxy) is 1. The quantitative estimate of drug-likeness (QED) is 0.509. The van der Waals surface area contributed by atoms with Crippen LogP contribution in [0.15, 0.2) is 66.4 Å². The Morgan fingerprint density at radius 1 is 0.848 bits per heavy atom. The van der Waals surface area contributed by atoms with Crippen LogP contribution >= 0.6 is 0 Å². The Morgan fingerprint density at radius 2 is 1.52 bits per heavy atom. The number of methoxy groups -OCH3 is 1. The molecule has 0 atom stereocenters. The van der Waals surface area contributed by atoms with Crippen molar-refractivity contribution in [3.8, 4) is 5.75 Å². The molecule has 0 bridgehead atoms. The minimum absolute atomic E-state index is 0.246. The fraction of sp³-hybridized carbons (Fsp3) is 0.214. The van der Waals surface area contributed by atoms with E-state index in [4.69, 9.17) is 4.74 Å². The Bertz CT molecular complexity index is 1270. The highest BCUT2D eigenvalue weighted by molar-refractivity contribution is 6.46. The first-order valence-electron chi connectivity index (χ1n) is 11.0. The van der Waals surface area contributed by atoms with Gasteiger partial charge in [0.2, 0.25) is 0 Å². The van der Waals surface area contributed by atoms with Crippen molar-refractivity contribution in [2.75, 3.05) is 17.3 Å². The molecule has 1 aliphatic heterocycles. The van der Waals surface area contributed by atoms with E-state index in [9.17, 15) is 9.59 Å². The number of aryl methyl sites for hydroxylation is 4. The van der Waals surface area contributed by atoms with Crippen LogP contribution in [0.2, 0.25) is 0 Å². The number of hydrogen-bond acceptors (Lipinski definition) is 4. The number of nitrogens with zero attached hydrogens (tertiary/aromatic N) is 1. The molecule has 0 radical (unpaired) electrons. The predicted molar refractivity (Wildman–Crippen MR) is 133 cm³/mol. The van der Waals surface area contributed by atoms with Crippen LogP contribution in [0.3, 0.4) is 0 Å². The summed E-state index contributed by atoms with van der Waals surface area (Å²) in [6.07, 6.45) is 0.883. The summed E-state index contributed by atoms with van der Waals surface area (Å²) < 4.78 is 5.50. The highest BCUT2D eigenvalue weighted by Crippen LogP contribution is 2.37. The molecule has 5 heteroatoms. The van der Waals surface area contributed by atoms with Crippen molar-refractivity contribution in [3.63, 3.8) is 0 Å². The van der Waals surface area contributed by atoms with Gasteiger partial charge in [-0.2, -0.15) is 0 Å². The molecule has 168 valence electrons. The minimum Gasteiger partial charge on any atom is -0.495 e. The molecule has 1 N–H and O–H groups in total. The molecule has 0 saturated carbocycles. The molecule has 0 fully saturated rings. The molecule has 3 aromatic carbocycles. The van der Waals surface area contributed by atoms with Gasteiger partial charge in [-0.25, -0.2) is 4.90 Å². The van der Waals surface area contributed by atoms with Gasteiger partial charge in [0, 0.05) is 0 Å². The van der Waals surface area contributed by atoms with Crippen LogP contribution in [0.4, 0.5) is 11.4 Å². The second-order valence-corrected chi connectivity index (χ2v) is 8.36. The lowest BCUT2D eigenvalue weighted by molar-refractivity contribution is -0.120. The van der Waals surface area contributed by atoms with Gasteiger partial charge in [0.05, 0.1) is 24.1 Å². The minimum atomic E-state index is -0.386. The number of amides is 2. The molecule has 5 nitrogen and oxygen atoms in total. The van der Waals surface area contributed by atoms with Crippen LogP contribution in [0.1, 0.15) is 34.7 Å². The summed E-state index contributed by atoms with van der Waals surface area (Å²) >= 11 is 0. The third-order valence-corrected chi connectivity index (χ3v) is 5.95. The molecule has 0 unspecified atom stereocenters. The van der Waals surface area contributed by atoms with E-state index < -0.39 is 0 Å². The Balaban J connectivity index is 1.86. The van der Waals surface area contributed by atoms with E-state index >= 15 is 0 Å². The number of hydrogen-bond donors (Lipinski definition) is 1. The summed E-state index contributed by atoms with van der Waals surface area (Å²) in [5.41, 5.74) is 6.72. The summed E-state index contributed by atoms with van der Waals surface area (Å²) in [6, 6.07) is 19.1. The highest BCUT2D eigenvalue weighted by atomic mass is 16.5. The molecule has 1 aliphatic rings. The monoisotopic (exact) mass is 440 g/mol. The van der Waals surface area contributed by atoms with E-state index in [0.717, 1.165) is 34.2 Å². The lowest BCUT2D eigenvalue weighted by Gasteiger charge is -2.16. The standard InChI is InChI=1S/C28H28N2O3/c1-6-20-9-11-21(12-10-20)30-27(31)25(22-13-7-17(2)15-19(22)4)26(28(30)32)29-23-16-18(3)8-14-24(23)33-5/h7-16,29H,6H2,1-5H3. The van der Waals surface area contributed by atoms with Crippen LogP contribution in [-0.2, 0) is 16.0 Å². The van der Waals surface area contributed by atoms with Crippen molar-refractivity contribution in [1.29, 1.82) is 0 Å².